The minimum atomic E-state index is -0.554. The van der Waals surface area contributed by atoms with Gasteiger partial charge in [-0.25, -0.2) is 4.68 Å². The minimum Gasteiger partial charge on any atom is -0.478 e. The van der Waals surface area contributed by atoms with Crippen molar-refractivity contribution in [3.8, 4) is 17.0 Å². The zero-order valence-electron chi connectivity index (χ0n) is 17.0. The molecule has 1 N–H and O–H groups in total. The number of benzene rings is 3. The number of hydrogen-bond donors (Lipinski definition) is 1. The predicted octanol–water partition coefficient (Wildman–Crippen LogP) is 4.63. The van der Waals surface area contributed by atoms with Gasteiger partial charge in [0.2, 0.25) is 5.91 Å². The standard InChI is InChI=1S/C23H16ClN5O4/c24-17-12-15(29(31)32)10-11-18(17)25-20(30)13-28-22-16-8-4-5-9-19(16)33-23(21(22)26-27-28)14-6-2-1-3-7-14/h1-12,23H,13H2,(H,25,30)/t23-/m0/s1. The molecule has 0 saturated heterocycles. The van der Waals surface area contributed by atoms with Crippen molar-refractivity contribution in [2.24, 2.45) is 0 Å². The van der Waals surface area contributed by atoms with Crippen LogP contribution in [0.5, 0.6) is 5.75 Å². The van der Waals surface area contributed by atoms with Crippen LogP contribution < -0.4 is 10.1 Å². The lowest BCUT2D eigenvalue weighted by Gasteiger charge is -2.26. The lowest BCUT2D eigenvalue weighted by atomic mass is 9.98. The number of ether oxygens (including phenoxy) is 1. The zero-order chi connectivity index (χ0) is 22.9. The Balaban J connectivity index is 1.46. The molecule has 9 nitrogen and oxygen atoms in total. The number of carbonyl (C=O) groups is 1. The smallest absolute Gasteiger partial charge is 0.271 e. The van der Waals surface area contributed by atoms with E-state index in [0.29, 0.717) is 17.1 Å². The van der Waals surface area contributed by atoms with Crippen LogP contribution in [0.4, 0.5) is 11.4 Å². The average Bonchev–Trinajstić information content (AvgIpc) is 3.24. The summed E-state index contributed by atoms with van der Waals surface area (Å²) in [6.45, 7) is -0.133. The van der Waals surface area contributed by atoms with Gasteiger partial charge in [-0.3, -0.25) is 14.9 Å². The largest absolute Gasteiger partial charge is 0.478 e. The van der Waals surface area contributed by atoms with Crippen molar-refractivity contribution in [1.82, 2.24) is 15.0 Å². The molecule has 5 rings (SSSR count). The Morgan fingerprint density at radius 3 is 2.64 bits per heavy atom. The molecule has 0 bridgehead atoms. The van der Waals surface area contributed by atoms with Crippen LogP contribution in [0, 0.1) is 10.1 Å². The van der Waals surface area contributed by atoms with Crippen molar-refractivity contribution < 1.29 is 14.5 Å². The normalized spacial score (nSPS) is 14.0. The van der Waals surface area contributed by atoms with Gasteiger partial charge < -0.3 is 10.1 Å². The Bertz CT molecular complexity index is 1370. The number of aromatic nitrogens is 3. The van der Waals surface area contributed by atoms with Gasteiger partial charge in [0.25, 0.3) is 5.69 Å². The fraction of sp³-hybridized carbons (Fsp3) is 0.0870. The molecule has 33 heavy (non-hydrogen) atoms. The topological polar surface area (TPSA) is 112 Å². The molecule has 4 aromatic rings. The van der Waals surface area contributed by atoms with Gasteiger partial charge in [0.05, 0.1) is 15.6 Å². The lowest BCUT2D eigenvalue weighted by molar-refractivity contribution is -0.384. The Labute approximate surface area is 192 Å². The predicted molar refractivity (Wildman–Crippen MR) is 121 cm³/mol. The fourth-order valence-electron chi connectivity index (χ4n) is 3.74. The first kappa shape index (κ1) is 20.7. The van der Waals surface area contributed by atoms with Gasteiger partial charge in [-0.05, 0) is 23.8 Å². The average molecular weight is 462 g/mol. The summed E-state index contributed by atoms with van der Waals surface area (Å²) in [7, 11) is 0. The second-order valence-corrected chi connectivity index (χ2v) is 7.76. The molecule has 0 aliphatic carbocycles. The lowest BCUT2D eigenvalue weighted by Crippen LogP contribution is -2.22. The van der Waals surface area contributed by atoms with Crippen molar-refractivity contribution >= 4 is 28.9 Å². The van der Waals surface area contributed by atoms with E-state index in [1.807, 2.05) is 54.6 Å². The molecule has 2 heterocycles. The van der Waals surface area contributed by atoms with E-state index in [0.717, 1.165) is 11.1 Å². The number of carbonyl (C=O) groups excluding carboxylic acids is 1. The minimum absolute atomic E-state index is 0.0704. The van der Waals surface area contributed by atoms with Crippen molar-refractivity contribution in [2.75, 3.05) is 5.32 Å². The van der Waals surface area contributed by atoms with Gasteiger partial charge in [-0.2, -0.15) is 0 Å². The molecule has 0 saturated carbocycles. The number of nitro benzene ring substituents is 1. The molecule has 3 aromatic carbocycles. The van der Waals surface area contributed by atoms with Gasteiger partial charge in [-0.15, -0.1) is 5.10 Å². The third-order valence-corrected chi connectivity index (χ3v) is 5.54. The SMILES string of the molecule is O=C(Cn1nnc2c1-c1ccccc1O[C@H]2c1ccccc1)Nc1ccc([N+](=O)[O-])cc1Cl. The van der Waals surface area contributed by atoms with Gasteiger partial charge in [0.1, 0.15) is 23.7 Å². The number of hydrogen-bond acceptors (Lipinski definition) is 6. The summed E-state index contributed by atoms with van der Waals surface area (Å²) in [6, 6.07) is 21.0. The highest BCUT2D eigenvalue weighted by Crippen LogP contribution is 2.43. The summed E-state index contributed by atoms with van der Waals surface area (Å²) < 4.78 is 7.73. The summed E-state index contributed by atoms with van der Waals surface area (Å²) in [4.78, 5) is 23.1. The van der Waals surface area contributed by atoms with E-state index < -0.39 is 16.9 Å². The van der Waals surface area contributed by atoms with Crippen LogP contribution >= 0.6 is 11.6 Å². The number of fused-ring (bicyclic) bond motifs is 3. The first-order valence-electron chi connectivity index (χ1n) is 9.99. The van der Waals surface area contributed by atoms with Crippen LogP contribution in [-0.4, -0.2) is 25.8 Å². The second-order valence-electron chi connectivity index (χ2n) is 7.36. The number of nitro groups is 1. The molecule has 1 amide bonds. The number of non-ortho nitro benzene ring substituents is 1. The van der Waals surface area contributed by atoms with Crippen LogP contribution in [0.3, 0.4) is 0 Å². The molecule has 1 aliphatic rings. The number of amides is 1. The van der Waals surface area contributed by atoms with Crippen LogP contribution in [0.25, 0.3) is 11.3 Å². The van der Waals surface area contributed by atoms with E-state index in [1.54, 1.807) is 0 Å². The van der Waals surface area contributed by atoms with Gasteiger partial charge in [0, 0.05) is 17.7 Å². The van der Waals surface area contributed by atoms with Crippen LogP contribution in [0.1, 0.15) is 17.4 Å². The molecule has 0 fully saturated rings. The molecule has 0 unspecified atom stereocenters. The summed E-state index contributed by atoms with van der Waals surface area (Å²) in [6.07, 6.45) is -0.461. The summed E-state index contributed by atoms with van der Waals surface area (Å²) in [5, 5.41) is 22.2. The summed E-state index contributed by atoms with van der Waals surface area (Å²) in [5.41, 5.74) is 3.11. The van der Waals surface area contributed by atoms with E-state index in [1.165, 1.54) is 22.9 Å². The van der Waals surface area contributed by atoms with E-state index >= 15 is 0 Å². The van der Waals surface area contributed by atoms with Crippen LogP contribution in [0.2, 0.25) is 5.02 Å². The highest BCUT2D eigenvalue weighted by molar-refractivity contribution is 6.33. The second kappa shape index (κ2) is 8.36. The molecular weight excluding hydrogens is 446 g/mol. The van der Waals surface area contributed by atoms with E-state index in [-0.39, 0.29) is 22.9 Å². The van der Waals surface area contributed by atoms with Crippen molar-refractivity contribution in [3.63, 3.8) is 0 Å². The number of nitrogens with one attached hydrogen (secondary N) is 1. The van der Waals surface area contributed by atoms with Gasteiger partial charge in [-0.1, -0.05) is 59.3 Å². The maximum Gasteiger partial charge on any atom is 0.271 e. The Morgan fingerprint density at radius 2 is 1.88 bits per heavy atom. The summed E-state index contributed by atoms with van der Waals surface area (Å²) >= 11 is 6.10. The molecule has 1 aromatic heterocycles. The van der Waals surface area contributed by atoms with Crippen molar-refractivity contribution in [3.05, 3.63) is 99.2 Å². The highest BCUT2D eigenvalue weighted by atomic mass is 35.5. The molecule has 164 valence electrons. The fourth-order valence-corrected chi connectivity index (χ4v) is 3.96. The number of para-hydroxylation sites is 1. The Morgan fingerprint density at radius 1 is 1.12 bits per heavy atom. The van der Waals surface area contributed by atoms with Crippen molar-refractivity contribution in [2.45, 2.75) is 12.6 Å². The third-order valence-electron chi connectivity index (χ3n) is 5.23. The number of nitrogens with zero attached hydrogens (tertiary/aromatic N) is 4. The highest BCUT2D eigenvalue weighted by Gasteiger charge is 2.33. The molecule has 10 heteroatoms. The third kappa shape index (κ3) is 3.90. The first-order valence-corrected chi connectivity index (χ1v) is 10.4. The molecule has 1 atom stereocenters. The summed E-state index contributed by atoms with van der Waals surface area (Å²) in [5.74, 6) is 0.264. The van der Waals surface area contributed by atoms with E-state index in [4.69, 9.17) is 16.3 Å². The van der Waals surface area contributed by atoms with E-state index in [9.17, 15) is 14.9 Å². The first-order chi connectivity index (χ1) is 16.0. The number of rotatable bonds is 5. The van der Waals surface area contributed by atoms with Crippen LogP contribution in [-0.2, 0) is 11.3 Å². The van der Waals surface area contributed by atoms with Crippen LogP contribution in [0.15, 0.2) is 72.8 Å². The van der Waals surface area contributed by atoms with Gasteiger partial charge >= 0.3 is 0 Å². The number of anilines is 1. The van der Waals surface area contributed by atoms with Crippen molar-refractivity contribution in [1.29, 1.82) is 0 Å². The molecule has 0 radical (unpaired) electrons. The monoisotopic (exact) mass is 461 g/mol. The van der Waals surface area contributed by atoms with Gasteiger partial charge in [0.15, 0.2) is 6.10 Å². The molecular formula is C23H16ClN5O4. The molecule has 1 aliphatic heterocycles. The Hall–Kier alpha value is -4.24. The number of halogens is 1. The Kier molecular flexibility index (Phi) is 5.23. The maximum absolute atomic E-state index is 12.8. The quantitative estimate of drug-likeness (QED) is 0.342. The van der Waals surface area contributed by atoms with E-state index in [2.05, 4.69) is 15.6 Å². The maximum atomic E-state index is 12.8. The molecule has 0 spiro atoms. The zero-order valence-corrected chi connectivity index (χ0v) is 17.8.